The van der Waals surface area contributed by atoms with Crippen molar-refractivity contribution in [3.8, 4) is 0 Å². The number of hydrogen-bond acceptors (Lipinski definition) is 5. The van der Waals surface area contributed by atoms with E-state index in [0.717, 1.165) is 13.0 Å². The number of carbonyl (C=O) groups is 1. The second-order valence-corrected chi connectivity index (χ2v) is 3.59. The molecule has 3 N–H and O–H groups in total. The summed E-state index contributed by atoms with van der Waals surface area (Å²) >= 11 is 0. The molecule has 1 aliphatic heterocycles. The number of nitrogens with two attached hydrogens (primary N) is 1. The molecule has 2 heterocycles. The molecule has 1 atom stereocenters. The van der Waals surface area contributed by atoms with Crippen molar-refractivity contribution >= 4 is 17.5 Å². The molecule has 15 heavy (non-hydrogen) atoms. The van der Waals surface area contributed by atoms with Crippen LogP contribution in [0.3, 0.4) is 0 Å². The van der Waals surface area contributed by atoms with E-state index in [1.165, 1.54) is 0 Å². The van der Waals surface area contributed by atoms with Crippen LogP contribution < -0.4 is 11.1 Å². The minimum Gasteiger partial charge on any atom is -0.382 e. The Bertz CT molecular complexity index is 363. The summed E-state index contributed by atoms with van der Waals surface area (Å²) in [5, 5.41) is 10.6. The Labute approximate surface area is 87.5 Å². The van der Waals surface area contributed by atoms with Gasteiger partial charge >= 0.3 is 0 Å². The summed E-state index contributed by atoms with van der Waals surface area (Å²) in [5.41, 5.74) is 5.41. The van der Waals surface area contributed by atoms with Crippen LogP contribution in [0.4, 0.5) is 11.6 Å². The predicted molar refractivity (Wildman–Crippen MR) is 56.1 cm³/mol. The maximum Gasteiger partial charge on any atom is 0.244 e. The van der Waals surface area contributed by atoms with E-state index in [4.69, 9.17) is 5.73 Å². The summed E-state index contributed by atoms with van der Waals surface area (Å²) in [4.78, 5) is 13.3. The Kier molecular flexibility index (Phi) is 2.40. The van der Waals surface area contributed by atoms with Gasteiger partial charge in [0.2, 0.25) is 5.91 Å². The van der Waals surface area contributed by atoms with Crippen molar-refractivity contribution < 1.29 is 4.79 Å². The normalized spacial score (nSPS) is 20.7. The molecule has 0 aromatic carbocycles. The molecule has 1 aliphatic rings. The van der Waals surface area contributed by atoms with E-state index in [0.29, 0.717) is 11.6 Å². The Morgan fingerprint density at radius 3 is 2.87 bits per heavy atom. The van der Waals surface area contributed by atoms with E-state index in [1.54, 1.807) is 24.1 Å². The van der Waals surface area contributed by atoms with Crippen molar-refractivity contribution in [2.24, 2.45) is 0 Å². The van der Waals surface area contributed by atoms with E-state index in [9.17, 15) is 4.79 Å². The molecule has 1 aromatic rings. The minimum absolute atomic E-state index is 0.0913. The van der Waals surface area contributed by atoms with E-state index in [2.05, 4.69) is 15.5 Å². The predicted octanol–water partition coefficient (Wildman–Crippen LogP) is -0.299. The first-order valence-electron chi connectivity index (χ1n) is 4.77. The fourth-order valence-corrected chi connectivity index (χ4v) is 1.55. The molecule has 1 fully saturated rings. The average molecular weight is 207 g/mol. The first-order valence-corrected chi connectivity index (χ1v) is 4.77. The number of amides is 1. The number of likely N-dealkylation sites (N-methyl/N-ethyl adjacent to an activating group) is 1. The second-order valence-electron chi connectivity index (χ2n) is 3.59. The molecule has 0 bridgehead atoms. The summed E-state index contributed by atoms with van der Waals surface area (Å²) in [7, 11) is 1.79. The number of likely N-dealkylation sites (tertiary alicyclic amines) is 1. The topological polar surface area (TPSA) is 84.1 Å². The fourth-order valence-electron chi connectivity index (χ4n) is 1.55. The largest absolute Gasteiger partial charge is 0.382 e. The highest BCUT2D eigenvalue weighted by Crippen LogP contribution is 2.13. The molecule has 2 rings (SSSR count). The zero-order chi connectivity index (χ0) is 10.8. The standard InChI is InChI=1S/C9H13N5O/c1-14-5-4-6(9(14)15)11-8-3-2-7(10)12-13-8/h2-3,6H,4-5H2,1H3,(H2,10,12)(H,11,13). The smallest absolute Gasteiger partial charge is 0.244 e. The lowest BCUT2D eigenvalue weighted by Crippen LogP contribution is -2.31. The minimum atomic E-state index is -0.187. The Balaban J connectivity index is 2.03. The van der Waals surface area contributed by atoms with Gasteiger partial charge in [-0.1, -0.05) is 0 Å². The van der Waals surface area contributed by atoms with Gasteiger partial charge in [-0.15, -0.1) is 10.2 Å². The van der Waals surface area contributed by atoms with E-state index in [-0.39, 0.29) is 11.9 Å². The van der Waals surface area contributed by atoms with Gasteiger partial charge < -0.3 is 16.0 Å². The van der Waals surface area contributed by atoms with Crippen LogP contribution in [0.15, 0.2) is 12.1 Å². The number of nitrogens with one attached hydrogen (secondary N) is 1. The lowest BCUT2D eigenvalue weighted by atomic mass is 10.2. The van der Waals surface area contributed by atoms with Crippen molar-refractivity contribution in [3.05, 3.63) is 12.1 Å². The highest BCUT2D eigenvalue weighted by Gasteiger charge is 2.28. The number of aromatic nitrogens is 2. The second kappa shape index (κ2) is 3.72. The fraction of sp³-hybridized carbons (Fsp3) is 0.444. The van der Waals surface area contributed by atoms with Gasteiger partial charge in [0.15, 0.2) is 0 Å². The van der Waals surface area contributed by atoms with Gasteiger partial charge in [0.05, 0.1) is 0 Å². The molecule has 80 valence electrons. The van der Waals surface area contributed by atoms with Crippen LogP contribution in [0, 0.1) is 0 Å². The van der Waals surface area contributed by atoms with E-state index >= 15 is 0 Å². The molecular formula is C9H13N5O. The summed E-state index contributed by atoms with van der Waals surface area (Å²) in [6.45, 7) is 0.777. The molecule has 0 saturated carbocycles. The van der Waals surface area contributed by atoms with Gasteiger partial charge in [0, 0.05) is 13.6 Å². The van der Waals surface area contributed by atoms with Crippen molar-refractivity contribution in [1.82, 2.24) is 15.1 Å². The number of anilines is 2. The number of carbonyl (C=O) groups excluding carboxylic acids is 1. The summed E-state index contributed by atoms with van der Waals surface area (Å²) in [5.74, 6) is 1.04. The van der Waals surface area contributed by atoms with E-state index in [1.807, 2.05) is 0 Å². The van der Waals surface area contributed by atoms with Crippen molar-refractivity contribution in [2.75, 3.05) is 24.6 Å². The monoisotopic (exact) mass is 207 g/mol. The first-order chi connectivity index (χ1) is 7.16. The SMILES string of the molecule is CN1CCC(Nc2ccc(N)nn2)C1=O. The van der Waals surface area contributed by atoms with Gasteiger partial charge in [-0.3, -0.25) is 4.79 Å². The Hall–Kier alpha value is -1.85. The van der Waals surface area contributed by atoms with Crippen LogP contribution in [-0.4, -0.2) is 40.6 Å². The third-order valence-corrected chi connectivity index (χ3v) is 2.43. The summed E-state index contributed by atoms with van der Waals surface area (Å²) < 4.78 is 0. The molecule has 1 amide bonds. The molecule has 6 nitrogen and oxygen atoms in total. The average Bonchev–Trinajstić information content (AvgIpc) is 2.53. The zero-order valence-corrected chi connectivity index (χ0v) is 8.47. The maximum atomic E-state index is 11.6. The number of hydrogen-bond donors (Lipinski definition) is 2. The van der Waals surface area contributed by atoms with Crippen molar-refractivity contribution in [1.29, 1.82) is 0 Å². The highest BCUT2D eigenvalue weighted by molar-refractivity contribution is 5.86. The first kappa shape index (κ1) is 9.70. The number of rotatable bonds is 2. The van der Waals surface area contributed by atoms with Gasteiger partial charge in [-0.25, -0.2) is 0 Å². The number of nitrogen functional groups attached to an aromatic ring is 1. The van der Waals surface area contributed by atoms with Crippen LogP contribution in [-0.2, 0) is 4.79 Å². The van der Waals surface area contributed by atoms with E-state index < -0.39 is 0 Å². The van der Waals surface area contributed by atoms with Crippen LogP contribution in [0.5, 0.6) is 0 Å². The van der Waals surface area contributed by atoms with Gasteiger partial charge in [0.25, 0.3) is 0 Å². The molecule has 0 spiro atoms. The molecule has 6 heteroatoms. The summed E-state index contributed by atoms with van der Waals surface area (Å²) in [6.07, 6.45) is 0.793. The van der Waals surface area contributed by atoms with Crippen LogP contribution in [0.25, 0.3) is 0 Å². The van der Waals surface area contributed by atoms with Crippen LogP contribution >= 0.6 is 0 Å². The highest BCUT2D eigenvalue weighted by atomic mass is 16.2. The molecule has 0 radical (unpaired) electrons. The Morgan fingerprint density at radius 1 is 1.53 bits per heavy atom. The maximum absolute atomic E-state index is 11.6. The van der Waals surface area contributed by atoms with Gasteiger partial charge in [-0.2, -0.15) is 0 Å². The van der Waals surface area contributed by atoms with Gasteiger partial charge in [0.1, 0.15) is 17.7 Å². The quantitative estimate of drug-likeness (QED) is 0.695. The molecule has 1 unspecified atom stereocenters. The number of nitrogens with zero attached hydrogens (tertiary/aromatic N) is 3. The molecule has 1 saturated heterocycles. The van der Waals surface area contributed by atoms with Crippen molar-refractivity contribution in [3.63, 3.8) is 0 Å². The van der Waals surface area contributed by atoms with Gasteiger partial charge in [-0.05, 0) is 18.6 Å². The molecule has 0 aliphatic carbocycles. The zero-order valence-electron chi connectivity index (χ0n) is 8.47. The Morgan fingerprint density at radius 2 is 2.33 bits per heavy atom. The van der Waals surface area contributed by atoms with Crippen LogP contribution in [0.1, 0.15) is 6.42 Å². The van der Waals surface area contributed by atoms with Crippen molar-refractivity contribution in [2.45, 2.75) is 12.5 Å². The lowest BCUT2D eigenvalue weighted by Gasteiger charge is -2.11. The molecule has 1 aromatic heterocycles. The third-order valence-electron chi connectivity index (χ3n) is 2.43. The third kappa shape index (κ3) is 1.98. The summed E-state index contributed by atoms with van der Waals surface area (Å²) in [6, 6.07) is 3.18. The molecular weight excluding hydrogens is 194 g/mol. The van der Waals surface area contributed by atoms with Crippen LogP contribution in [0.2, 0.25) is 0 Å². The lowest BCUT2D eigenvalue weighted by molar-refractivity contribution is -0.127.